The molecule has 3 rings (SSSR count). The van der Waals surface area contributed by atoms with Crippen LogP contribution in [0.2, 0.25) is 5.02 Å². The van der Waals surface area contributed by atoms with Crippen LogP contribution in [0.15, 0.2) is 46.9 Å². The highest BCUT2D eigenvalue weighted by Gasteiger charge is 2.23. The number of carboxylic acids is 1. The Hall–Kier alpha value is -2.26. The van der Waals surface area contributed by atoms with Gasteiger partial charge in [-0.25, -0.2) is 4.79 Å². The Balaban J connectivity index is 2.07. The smallest absolute Gasteiger partial charge is 0.372 e. The Bertz CT molecular complexity index is 895. The number of benzene rings is 2. The summed E-state index contributed by atoms with van der Waals surface area (Å²) in [5, 5.41) is 10.9. The minimum atomic E-state index is -1.09. The molecular weight excluding hydrogens is 336 g/mol. The molecule has 0 unspecified atom stereocenters. The molecule has 3 nitrogen and oxygen atoms in total. The summed E-state index contributed by atoms with van der Waals surface area (Å²) in [6.45, 7) is 2.20. The molecule has 0 bridgehead atoms. The molecule has 0 aliphatic rings. The summed E-state index contributed by atoms with van der Waals surface area (Å²) in [7, 11) is 0. The Morgan fingerprint density at radius 1 is 1.12 bits per heavy atom. The second-order valence-electron chi connectivity index (χ2n) is 6.23. The lowest BCUT2D eigenvalue weighted by molar-refractivity contribution is 0.0666. The van der Waals surface area contributed by atoms with Crippen molar-refractivity contribution >= 4 is 28.5 Å². The maximum absolute atomic E-state index is 11.7. The number of aromatic carboxylic acids is 1. The van der Waals surface area contributed by atoms with Crippen LogP contribution in [-0.4, -0.2) is 11.1 Å². The second-order valence-corrected chi connectivity index (χ2v) is 6.64. The first-order valence-electron chi connectivity index (χ1n) is 8.65. The van der Waals surface area contributed by atoms with E-state index in [2.05, 4.69) is 6.92 Å². The molecular formula is C21H21ClO3. The number of carbonyl (C=O) groups is 1. The fourth-order valence-electron chi connectivity index (χ4n) is 3.14. The van der Waals surface area contributed by atoms with Crippen molar-refractivity contribution in [2.24, 2.45) is 0 Å². The number of fused-ring (bicyclic) bond motifs is 1. The number of hydrogen-bond donors (Lipinski definition) is 1. The maximum Gasteiger partial charge on any atom is 0.372 e. The summed E-state index contributed by atoms with van der Waals surface area (Å²) in [6, 6.07) is 13.2. The number of halogens is 1. The molecule has 0 fully saturated rings. The Kier molecular flexibility index (Phi) is 5.44. The van der Waals surface area contributed by atoms with Gasteiger partial charge in [0.25, 0.3) is 0 Å². The van der Waals surface area contributed by atoms with Gasteiger partial charge in [-0.1, -0.05) is 62.1 Å². The van der Waals surface area contributed by atoms with Crippen LogP contribution in [0.3, 0.4) is 0 Å². The van der Waals surface area contributed by atoms with Gasteiger partial charge in [-0.15, -0.1) is 0 Å². The summed E-state index contributed by atoms with van der Waals surface area (Å²) in [4.78, 5) is 11.7. The molecule has 1 heterocycles. The number of carboxylic acid groups (broad SMARTS) is 1. The highest BCUT2D eigenvalue weighted by Crippen LogP contribution is 2.39. The lowest BCUT2D eigenvalue weighted by Gasteiger charge is -2.05. The van der Waals surface area contributed by atoms with Crippen molar-refractivity contribution < 1.29 is 14.3 Å². The molecule has 25 heavy (non-hydrogen) atoms. The first-order chi connectivity index (χ1) is 12.1. The van der Waals surface area contributed by atoms with Crippen LogP contribution in [0.5, 0.6) is 0 Å². The summed E-state index contributed by atoms with van der Waals surface area (Å²) in [5.74, 6) is -1.15. The SMILES string of the molecule is CCCCCCc1ccc2oc(C(=O)O)c(-c3ccccc3Cl)c2c1. The zero-order chi connectivity index (χ0) is 17.8. The molecule has 1 aromatic heterocycles. The van der Waals surface area contributed by atoms with E-state index in [1.165, 1.54) is 24.8 Å². The number of unbranched alkanes of at least 4 members (excludes halogenated alkanes) is 3. The van der Waals surface area contributed by atoms with Gasteiger partial charge in [-0.3, -0.25) is 0 Å². The van der Waals surface area contributed by atoms with Crippen molar-refractivity contribution in [3.8, 4) is 11.1 Å². The number of hydrogen-bond acceptors (Lipinski definition) is 2. The molecule has 0 radical (unpaired) electrons. The van der Waals surface area contributed by atoms with E-state index in [4.69, 9.17) is 16.0 Å². The van der Waals surface area contributed by atoms with E-state index in [9.17, 15) is 9.90 Å². The van der Waals surface area contributed by atoms with E-state index >= 15 is 0 Å². The van der Waals surface area contributed by atoms with Crippen molar-refractivity contribution in [1.82, 2.24) is 0 Å². The van der Waals surface area contributed by atoms with Crippen LogP contribution in [0.25, 0.3) is 22.1 Å². The van der Waals surface area contributed by atoms with E-state index < -0.39 is 5.97 Å². The van der Waals surface area contributed by atoms with Crippen molar-refractivity contribution in [1.29, 1.82) is 0 Å². The van der Waals surface area contributed by atoms with E-state index in [0.29, 0.717) is 21.7 Å². The van der Waals surface area contributed by atoms with Gasteiger partial charge in [-0.05, 0) is 36.6 Å². The fourth-order valence-corrected chi connectivity index (χ4v) is 3.37. The highest BCUT2D eigenvalue weighted by molar-refractivity contribution is 6.34. The molecule has 0 amide bonds. The molecule has 0 aliphatic carbocycles. The summed E-state index contributed by atoms with van der Waals surface area (Å²) < 4.78 is 5.61. The lowest BCUT2D eigenvalue weighted by Crippen LogP contribution is -1.96. The highest BCUT2D eigenvalue weighted by atomic mass is 35.5. The Morgan fingerprint density at radius 3 is 2.64 bits per heavy atom. The Labute approximate surface area is 152 Å². The van der Waals surface area contributed by atoms with Crippen LogP contribution in [-0.2, 0) is 6.42 Å². The molecule has 0 saturated heterocycles. The second kappa shape index (κ2) is 7.75. The zero-order valence-electron chi connectivity index (χ0n) is 14.2. The molecule has 1 N–H and O–H groups in total. The van der Waals surface area contributed by atoms with Gasteiger partial charge in [-0.2, -0.15) is 0 Å². The third kappa shape index (κ3) is 3.72. The van der Waals surface area contributed by atoms with Crippen molar-refractivity contribution in [2.75, 3.05) is 0 Å². The third-order valence-electron chi connectivity index (χ3n) is 4.41. The molecule has 0 atom stereocenters. The molecule has 130 valence electrons. The van der Waals surface area contributed by atoms with Crippen molar-refractivity contribution in [3.63, 3.8) is 0 Å². The molecule has 0 aliphatic heterocycles. The van der Waals surface area contributed by atoms with Crippen molar-refractivity contribution in [3.05, 3.63) is 58.8 Å². The monoisotopic (exact) mass is 356 g/mol. The van der Waals surface area contributed by atoms with Crippen LogP contribution in [0.1, 0.15) is 48.7 Å². The standard InChI is InChI=1S/C21H21ClO3/c1-2-3-4-5-8-14-11-12-18-16(13-14)19(20(25-18)21(23)24)15-9-6-7-10-17(15)22/h6-7,9-13H,2-5,8H2,1H3,(H,23,24). The zero-order valence-corrected chi connectivity index (χ0v) is 15.0. The number of aryl methyl sites for hydroxylation is 1. The van der Waals surface area contributed by atoms with Crippen LogP contribution >= 0.6 is 11.6 Å². The molecule has 4 heteroatoms. The quantitative estimate of drug-likeness (QED) is 0.487. The van der Waals surface area contributed by atoms with Gasteiger partial charge in [0.05, 0.1) is 0 Å². The van der Waals surface area contributed by atoms with E-state index in [-0.39, 0.29) is 5.76 Å². The lowest BCUT2D eigenvalue weighted by atomic mass is 9.98. The largest absolute Gasteiger partial charge is 0.475 e. The molecule has 2 aromatic carbocycles. The molecule has 3 aromatic rings. The first kappa shape index (κ1) is 17.6. The predicted molar refractivity (Wildman–Crippen MR) is 101 cm³/mol. The van der Waals surface area contributed by atoms with Gasteiger partial charge in [0.15, 0.2) is 0 Å². The number of rotatable bonds is 7. The van der Waals surface area contributed by atoms with Gasteiger partial charge in [0.1, 0.15) is 5.58 Å². The van der Waals surface area contributed by atoms with Crippen LogP contribution in [0, 0.1) is 0 Å². The van der Waals surface area contributed by atoms with Gasteiger partial charge in [0, 0.05) is 21.5 Å². The minimum absolute atomic E-state index is 0.0637. The first-order valence-corrected chi connectivity index (χ1v) is 9.03. The van der Waals surface area contributed by atoms with E-state index in [1.807, 2.05) is 36.4 Å². The van der Waals surface area contributed by atoms with E-state index in [0.717, 1.165) is 18.2 Å². The molecule has 0 spiro atoms. The molecule has 0 saturated carbocycles. The normalized spacial score (nSPS) is 11.1. The van der Waals surface area contributed by atoms with Crippen LogP contribution < -0.4 is 0 Å². The van der Waals surface area contributed by atoms with E-state index in [1.54, 1.807) is 6.07 Å². The van der Waals surface area contributed by atoms with Gasteiger partial charge >= 0.3 is 5.97 Å². The average Bonchev–Trinajstić information content (AvgIpc) is 2.98. The summed E-state index contributed by atoms with van der Waals surface area (Å²) in [6.07, 6.45) is 5.76. The topological polar surface area (TPSA) is 50.4 Å². The summed E-state index contributed by atoms with van der Waals surface area (Å²) in [5.41, 5.74) is 3.01. The maximum atomic E-state index is 11.7. The van der Waals surface area contributed by atoms with Crippen molar-refractivity contribution in [2.45, 2.75) is 39.0 Å². The third-order valence-corrected chi connectivity index (χ3v) is 4.74. The van der Waals surface area contributed by atoms with Gasteiger partial charge < -0.3 is 9.52 Å². The minimum Gasteiger partial charge on any atom is -0.475 e. The average molecular weight is 357 g/mol. The Morgan fingerprint density at radius 2 is 1.92 bits per heavy atom. The van der Waals surface area contributed by atoms with Gasteiger partial charge in [0.2, 0.25) is 5.76 Å². The number of furan rings is 1. The summed E-state index contributed by atoms with van der Waals surface area (Å²) >= 11 is 6.32. The van der Waals surface area contributed by atoms with Crippen LogP contribution in [0.4, 0.5) is 0 Å². The fraction of sp³-hybridized carbons (Fsp3) is 0.286. The predicted octanol–water partition coefficient (Wildman–Crippen LogP) is 6.57.